The van der Waals surface area contributed by atoms with Crippen molar-refractivity contribution >= 4 is 0 Å². The highest BCUT2D eigenvalue weighted by Crippen LogP contribution is 2.34. The maximum atomic E-state index is 3.44. The molecule has 0 heteroatoms. The van der Waals surface area contributed by atoms with Gasteiger partial charge in [0.2, 0.25) is 0 Å². The summed E-state index contributed by atoms with van der Waals surface area (Å²) in [5.74, 6) is 6.99. The highest BCUT2D eigenvalue weighted by molar-refractivity contribution is 5.38. The van der Waals surface area contributed by atoms with Gasteiger partial charge in [-0.3, -0.25) is 0 Å². The van der Waals surface area contributed by atoms with E-state index in [1.54, 1.807) is 0 Å². The van der Waals surface area contributed by atoms with E-state index in [-0.39, 0.29) is 11.3 Å². The molecule has 0 N–H and O–H groups in total. The van der Waals surface area contributed by atoms with Crippen LogP contribution in [0.15, 0.2) is 60.7 Å². The summed E-state index contributed by atoms with van der Waals surface area (Å²) in [4.78, 5) is 0. The van der Waals surface area contributed by atoms with Crippen LogP contribution in [0.5, 0.6) is 0 Å². The summed E-state index contributed by atoms with van der Waals surface area (Å²) in [6.45, 7) is 6.72. The first-order valence-corrected chi connectivity index (χ1v) is 6.69. The number of hydrogen-bond acceptors (Lipinski definition) is 0. The average Bonchev–Trinajstić information content (AvgIpc) is 2.40. The zero-order valence-corrected chi connectivity index (χ0v) is 11.9. The molecule has 0 amide bonds. The maximum Gasteiger partial charge on any atom is 0.0504 e. The van der Waals surface area contributed by atoms with Gasteiger partial charge in [-0.15, -0.1) is 0 Å². The molecule has 0 saturated carbocycles. The monoisotopic (exact) mass is 248 g/mol. The van der Waals surface area contributed by atoms with Crippen LogP contribution < -0.4 is 0 Å². The molecule has 0 aliphatic rings. The quantitative estimate of drug-likeness (QED) is 0.632. The molecule has 0 unspecified atom stereocenters. The van der Waals surface area contributed by atoms with Crippen LogP contribution in [0.3, 0.4) is 0 Å². The van der Waals surface area contributed by atoms with Gasteiger partial charge in [0.25, 0.3) is 0 Å². The Balaban J connectivity index is 2.34. The van der Waals surface area contributed by atoms with Crippen molar-refractivity contribution in [2.75, 3.05) is 0 Å². The van der Waals surface area contributed by atoms with Crippen LogP contribution >= 0.6 is 0 Å². The van der Waals surface area contributed by atoms with Crippen molar-refractivity contribution in [1.29, 1.82) is 0 Å². The average molecular weight is 248 g/mol. The van der Waals surface area contributed by atoms with E-state index in [9.17, 15) is 0 Å². The van der Waals surface area contributed by atoms with E-state index < -0.39 is 0 Å². The largest absolute Gasteiger partial charge is 0.0891 e. The molecule has 96 valence electrons. The Bertz CT molecular complexity index is 562. The Morgan fingerprint density at radius 3 is 1.84 bits per heavy atom. The first-order valence-electron chi connectivity index (χ1n) is 6.69. The molecule has 0 aliphatic heterocycles. The first-order chi connectivity index (χ1) is 9.07. The lowest BCUT2D eigenvalue weighted by Gasteiger charge is -2.26. The topological polar surface area (TPSA) is 0 Å². The van der Waals surface area contributed by atoms with E-state index in [2.05, 4.69) is 69.0 Å². The summed E-state index contributed by atoms with van der Waals surface area (Å²) in [6, 6.07) is 20.7. The van der Waals surface area contributed by atoms with Crippen molar-refractivity contribution in [2.45, 2.75) is 26.7 Å². The molecular formula is C19H20. The lowest BCUT2D eigenvalue weighted by molar-refractivity contribution is 0.375. The molecule has 2 aromatic rings. The summed E-state index contributed by atoms with van der Waals surface area (Å²) in [5, 5.41) is 0. The Labute approximate surface area is 116 Å². The van der Waals surface area contributed by atoms with Crippen molar-refractivity contribution < 1.29 is 0 Å². The third kappa shape index (κ3) is 3.73. The van der Waals surface area contributed by atoms with Gasteiger partial charge in [-0.2, -0.15) is 0 Å². The zero-order chi connectivity index (χ0) is 13.7. The number of hydrogen-bond donors (Lipinski definition) is 0. The van der Waals surface area contributed by atoms with Gasteiger partial charge in [0.15, 0.2) is 0 Å². The van der Waals surface area contributed by atoms with Crippen LogP contribution in [0.2, 0.25) is 0 Å². The molecule has 2 aromatic carbocycles. The summed E-state index contributed by atoms with van der Waals surface area (Å²) in [7, 11) is 0. The van der Waals surface area contributed by atoms with Gasteiger partial charge in [0.1, 0.15) is 0 Å². The van der Waals surface area contributed by atoms with Gasteiger partial charge in [-0.05, 0) is 23.1 Å². The SMILES string of the molecule is CC(C)(C)[C@@H](C#Cc1ccccc1)c1ccccc1. The van der Waals surface area contributed by atoms with Gasteiger partial charge >= 0.3 is 0 Å². The van der Waals surface area contributed by atoms with Crippen LogP contribution in [-0.4, -0.2) is 0 Å². The van der Waals surface area contributed by atoms with E-state index in [0.717, 1.165) is 5.56 Å². The smallest absolute Gasteiger partial charge is 0.0504 e. The molecule has 0 bridgehead atoms. The molecule has 0 heterocycles. The van der Waals surface area contributed by atoms with E-state index in [1.807, 2.05) is 24.3 Å². The standard InChI is InChI=1S/C19H20/c1-19(2,3)18(17-12-8-5-9-13-17)15-14-16-10-6-4-7-11-16/h4-13,18H,1-3H3/t18-/m0/s1. The predicted molar refractivity (Wildman–Crippen MR) is 82.0 cm³/mol. The predicted octanol–water partition coefficient (Wildman–Crippen LogP) is 4.87. The van der Waals surface area contributed by atoms with Crippen molar-refractivity contribution in [3.8, 4) is 11.8 Å². The van der Waals surface area contributed by atoms with Crippen LogP contribution in [0, 0.1) is 17.3 Å². The van der Waals surface area contributed by atoms with Crippen molar-refractivity contribution in [3.63, 3.8) is 0 Å². The fourth-order valence-corrected chi connectivity index (χ4v) is 2.12. The molecular weight excluding hydrogens is 228 g/mol. The summed E-state index contributed by atoms with van der Waals surface area (Å²) < 4.78 is 0. The minimum Gasteiger partial charge on any atom is -0.0891 e. The van der Waals surface area contributed by atoms with Gasteiger partial charge < -0.3 is 0 Å². The Kier molecular flexibility index (Phi) is 4.07. The lowest BCUT2D eigenvalue weighted by Crippen LogP contribution is -2.16. The zero-order valence-electron chi connectivity index (χ0n) is 11.9. The Morgan fingerprint density at radius 1 is 0.789 bits per heavy atom. The van der Waals surface area contributed by atoms with E-state index in [0.29, 0.717) is 0 Å². The molecule has 0 saturated heterocycles. The minimum absolute atomic E-state index is 0.128. The van der Waals surface area contributed by atoms with Crippen LogP contribution in [0.4, 0.5) is 0 Å². The summed E-state index contributed by atoms with van der Waals surface area (Å²) in [6.07, 6.45) is 0. The molecule has 2 rings (SSSR count). The first kappa shape index (κ1) is 13.4. The Hall–Kier alpha value is -2.00. The van der Waals surface area contributed by atoms with Crippen LogP contribution in [0.25, 0.3) is 0 Å². The lowest BCUT2D eigenvalue weighted by atomic mass is 9.77. The third-order valence-corrected chi connectivity index (χ3v) is 3.13. The van der Waals surface area contributed by atoms with Crippen LogP contribution in [-0.2, 0) is 0 Å². The van der Waals surface area contributed by atoms with E-state index >= 15 is 0 Å². The van der Waals surface area contributed by atoms with Gasteiger partial charge in [-0.1, -0.05) is 81.1 Å². The van der Waals surface area contributed by atoms with Gasteiger partial charge in [0, 0.05) is 5.56 Å². The molecule has 0 radical (unpaired) electrons. The fourth-order valence-electron chi connectivity index (χ4n) is 2.12. The third-order valence-electron chi connectivity index (χ3n) is 3.13. The Morgan fingerprint density at radius 2 is 1.32 bits per heavy atom. The molecule has 0 fully saturated rings. The number of benzene rings is 2. The van der Waals surface area contributed by atoms with Crippen molar-refractivity contribution in [1.82, 2.24) is 0 Å². The van der Waals surface area contributed by atoms with Crippen molar-refractivity contribution in [3.05, 3.63) is 71.8 Å². The van der Waals surface area contributed by atoms with Crippen molar-refractivity contribution in [2.24, 2.45) is 5.41 Å². The second-order valence-electron chi connectivity index (χ2n) is 5.85. The van der Waals surface area contributed by atoms with Crippen LogP contribution in [0.1, 0.15) is 37.8 Å². The second kappa shape index (κ2) is 5.76. The molecule has 0 aromatic heterocycles. The van der Waals surface area contributed by atoms with E-state index in [4.69, 9.17) is 0 Å². The molecule has 1 atom stereocenters. The highest BCUT2D eigenvalue weighted by Gasteiger charge is 2.24. The molecule has 0 aliphatic carbocycles. The molecule has 19 heavy (non-hydrogen) atoms. The highest BCUT2D eigenvalue weighted by atomic mass is 14.3. The summed E-state index contributed by atoms with van der Waals surface area (Å²) in [5.41, 5.74) is 2.49. The normalized spacial score (nSPS) is 12.4. The maximum absolute atomic E-state index is 3.44. The second-order valence-corrected chi connectivity index (χ2v) is 5.85. The van der Waals surface area contributed by atoms with E-state index in [1.165, 1.54) is 5.56 Å². The fraction of sp³-hybridized carbons (Fsp3) is 0.263. The number of rotatable bonds is 1. The molecule has 0 nitrogen and oxygen atoms in total. The van der Waals surface area contributed by atoms with Gasteiger partial charge in [-0.25, -0.2) is 0 Å². The van der Waals surface area contributed by atoms with Gasteiger partial charge in [0.05, 0.1) is 5.92 Å². The summed E-state index contributed by atoms with van der Waals surface area (Å²) >= 11 is 0. The molecule has 0 spiro atoms. The minimum atomic E-state index is 0.128.